The van der Waals surface area contributed by atoms with E-state index in [1.165, 1.54) is 54.4 Å². The van der Waals surface area contributed by atoms with Gasteiger partial charge in [0.1, 0.15) is 11.2 Å². The number of tetrazole rings is 1. The third-order valence-corrected chi connectivity index (χ3v) is 12.0. The van der Waals surface area contributed by atoms with Crippen molar-refractivity contribution < 1.29 is 0 Å². The first-order valence-electron chi connectivity index (χ1n) is 14.2. The van der Waals surface area contributed by atoms with Gasteiger partial charge >= 0.3 is 0 Å². The van der Waals surface area contributed by atoms with Gasteiger partial charge in [-0.15, -0.1) is 26.6 Å². The Labute approximate surface area is 221 Å². The van der Waals surface area contributed by atoms with E-state index >= 15 is 0 Å². The highest BCUT2D eigenvalue weighted by atomic mass is 32.1. The lowest BCUT2D eigenvalue weighted by atomic mass is 9.46. The molecule has 194 valence electrons. The van der Waals surface area contributed by atoms with Crippen LogP contribution in [0.2, 0.25) is 0 Å². The van der Waals surface area contributed by atoms with Gasteiger partial charge in [-0.2, -0.15) is 4.80 Å². The SMILES string of the molecule is CCC(C)(C)[C@@H]1CCc2c(sc3ncn4nc(C56C[C@@H]7C[C@@H](C5)CC(n5nnc(C)n5)(C7)C6)nc4c23)C1. The molecule has 0 unspecified atom stereocenters. The van der Waals surface area contributed by atoms with Crippen LogP contribution in [0.4, 0.5) is 0 Å². The van der Waals surface area contributed by atoms with E-state index in [1.807, 2.05) is 33.9 Å². The minimum Gasteiger partial charge on any atom is -0.225 e. The summed E-state index contributed by atoms with van der Waals surface area (Å²) >= 11 is 1.89. The van der Waals surface area contributed by atoms with E-state index in [2.05, 4.69) is 31.1 Å². The molecule has 0 radical (unpaired) electrons. The first kappa shape index (κ1) is 22.6. The summed E-state index contributed by atoms with van der Waals surface area (Å²) in [4.78, 5) is 14.9. The predicted octanol–water partition coefficient (Wildman–Crippen LogP) is 5.42. The number of hydrogen-bond acceptors (Lipinski definition) is 7. The molecule has 37 heavy (non-hydrogen) atoms. The Kier molecular flexibility index (Phi) is 4.49. The highest BCUT2D eigenvalue weighted by molar-refractivity contribution is 7.19. The van der Waals surface area contributed by atoms with Crippen LogP contribution >= 0.6 is 11.3 Å². The number of rotatable bonds is 4. The normalized spacial score (nSPS) is 33.0. The van der Waals surface area contributed by atoms with Crippen molar-refractivity contribution in [2.75, 3.05) is 0 Å². The number of thiophene rings is 1. The van der Waals surface area contributed by atoms with E-state index in [1.54, 1.807) is 0 Å². The number of aromatic nitrogens is 8. The summed E-state index contributed by atoms with van der Waals surface area (Å²) in [5.41, 5.74) is 2.84. The minimum atomic E-state index is -0.0426. The summed E-state index contributed by atoms with van der Waals surface area (Å²) in [6.45, 7) is 9.14. The molecule has 4 heterocycles. The molecule has 0 N–H and O–H groups in total. The van der Waals surface area contributed by atoms with Gasteiger partial charge in [0.25, 0.3) is 0 Å². The van der Waals surface area contributed by atoms with E-state index in [9.17, 15) is 0 Å². The maximum absolute atomic E-state index is 5.38. The molecular formula is C28H36N8S. The molecule has 4 bridgehead atoms. The zero-order chi connectivity index (χ0) is 25.2. The molecule has 0 amide bonds. The number of nitrogens with zero attached hydrogens (tertiary/aromatic N) is 8. The molecule has 5 aliphatic rings. The number of aryl methyl sites for hydroxylation is 2. The average Bonchev–Trinajstić information content (AvgIpc) is 3.59. The molecule has 8 nitrogen and oxygen atoms in total. The monoisotopic (exact) mass is 516 g/mol. The number of fused-ring (bicyclic) bond motifs is 5. The van der Waals surface area contributed by atoms with Crippen molar-refractivity contribution in [3.05, 3.63) is 28.4 Å². The summed E-state index contributed by atoms with van der Waals surface area (Å²) in [6, 6.07) is 0. The molecule has 4 aromatic rings. The third kappa shape index (κ3) is 3.12. The molecule has 9 heteroatoms. The van der Waals surface area contributed by atoms with E-state index in [0.29, 0.717) is 17.3 Å². The van der Waals surface area contributed by atoms with E-state index in [-0.39, 0.29) is 11.0 Å². The second kappa shape index (κ2) is 7.36. The summed E-state index contributed by atoms with van der Waals surface area (Å²) in [6.07, 6.45) is 13.7. The second-order valence-electron chi connectivity index (χ2n) is 13.5. The predicted molar refractivity (Wildman–Crippen MR) is 143 cm³/mol. The fourth-order valence-electron chi connectivity index (χ4n) is 8.95. The van der Waals surface area contributed by atoms with Gasteiger partial charge in [0.2, 0.25) is 0 Å². The second-order valence-corrected chi connectivity index (χ2v) is 14.6. The van der Waals surface area contributed by atoms with Gasteiger partial charge in [-0.1, -0.05) is 27.2 Å². The van der Waals surface area contributed by atoms with Gasteiger partial charge in [0, 0.05) is 10.3 Å². The topological polar surface area (TPSA) is 86.7 Å². The van der Waals surface area contributed by atoms with Gasteiger partial charge < -0.3 is 0 Å². The van der Waals surface area contributed by atoms with Crippen molar-refractivity contribution in [2.24, 2.45) is 23.2 Å². The van der Waals surface area contributed by atoms with Crippen LogP contribution in [0.15, 0.2) is 6.33 Å². The molecule has 4 aromatic heterocycles. The van der Waals surface area contributed by atoms with Crippen molar-refractivity contribution in [2.45, 2.75) is 103 Å². The summed E-state index contributed by atoms with van der Waals surface area (Å²) in [7, 11) is 0. The van der Waals surface area contributed by atoms with Crippen LogP contribution in [0.25, 0.3) is 15.9 Å². The van der Waals surface area contributed by atoms with E-state index in [0.717, 1.165) is 53.7 Å². The van der Waals surface area contributed by atoms with Crippen LogP contribution < -0.4 is 0 Å². The van der Waals surface area contributed by atoms with Crippen LogP contribution in [0.3, 0.4) is 0 Å². The fraction of sp³-hybridized carbons (Fsp3) is 0.714. The molecule has 0 aliphatic heterocycles. The molecule has 5 aliphatic carbocycles. The Morgan fingerprint density at radius 2 is 1.95 bits per heavy atom. The molecule has 4 saturated carbocycles. The zero-order valence-corrected chi connectivity index (χ0v) is 23.2. The summed E-state index contributed by atoms with van der Waals surface area (Å²) < 4.78 is 1.98. The smallest absolute Gasteiger partial charge is 0.171 e. The van der Waals surface area contributed by atoms with Crippen molar-refractivity contribution in [3.8, 4) is 0 Å². The molecule has 0 aromatic carbocycles. The molecule has 0 saturated heterocycles. The summed E-state index contributed by atoms with van der Waals surface area (Å²) in [5, 5.41) is 19.9. The van der Waals surface area contributed by atoms with Crippen molar-refractivity contribution in [1.29, 1.82) is 0 Å². The Balaban J connectivity index is 1.22. The lowest BCUT2D eigenvalue weighted by molar-refractivity contribution is -0.0785. The lowest BCUT2D eigenvalue weighted by Crippen LogP contribution is -2.59. The molecule has 0 spiro atoms. The van der Waals surface area contributed by atoms with Crippen LogP contribution in [-0.2, 0) is 23.8 Å². The molecular weight excluding hydrogens is 480 g/mol. The van der Waals surface area contributed by atoms with Crippen molar-refractivity contribution in [3.63, 3.8) is 0 Å². The van der Waals surface area contributed by atoms with E-state index < -0.39 is 0 Å². The lowest BCUT2D eigenvalue weighted by Gasteiger charge is -2.60. The fourth-order valence-corrected chi connectivity index (χ4v) is 10.2. The van der Waals surface area contributed by atoms with Crippen molar-refractivity contribution >= 4 is 27.2 Å². The average molecular weight is 517 g/mol. The van der Waals surface area contributed by atoms with Gasteiger partial charge in [-0.05, 0) is 98.7 Å². The molecule has 4 fully saturated rings. The van der Waals surface area contributed by atoms with Gasteiger partial charge in [-0.25, -0.2) is 14.5 Å². The minimum absolute atomic E-state index is 0.00368. The Morgan fingerprint density at radius 1 is 1.14 bits per heavy atom. The Bertz CT molecular complexity index is 1530. The van der Waals surface area contributed by atoms with Crippen molar-refractivity contribution in [1.82, 2.24) is 39.8 Å². The molecule has 9 rings (SSSR count). The van der Waals surface area contributed by atoms with Gasteiger partial charge in [-0.3, -0.25) is 0 Å². The third-order valence-electron chi connectivity index (χ3n) is 10.8. The number of hydrogen-bond donors (Lipinski definition) is 0. The Hall–Kier alpha value is -2.42. The summed E-state index contributed by atoms with van der Waals surface area (Å²) in [5.74, 6) is 3.89. The van der Waals surface area contributed by atoms with Crippen LogP contribution in [-0.4, -0.2) is 39.8 Å². The molecule has 3 atom stereocenters. The van der Waals surface area contributed by atoms with E-state index in [4.69, 9.17) is 20.2 Å². The Morgan fingerprint density at radius 3 is 2.68 bits per heavy atom. The quantitative estimate of drug-likeness (QED) is 0.360. The standard InChI is InChI=1S/C28H36N8S/c1-5-26(3,4)19-6-7-20-21(9-19)37-24-22(20)23-30-25(33-35(23)15-29-24)27-10-17-8-18(11-27)13-28(12-17,14-27)36-32-16(2)31-34-36/h15,17-19H,5-14H2,1-4H3/t17-,18-,19+,27?,28?/m0/s1. The van der Waals surface area contributed by atoms with Crippen LogP contribution in [0, 0.1) is 30.1 Å². The maximum atomic E-state index is 5.38. The van der Waals surface area contributed by atoms with Crippen LogP contribution in [0.5, 0.6) is 0 Å². The highest BCUT2D eigenvalue weighted by Gasteiger charge is 2.61. The van der Waals surface area contributed by atoms with Gasteiger partial charge in [0.15, 0.2) is 17.3 Å². The maximum Gasteiger partial charge on any atom is 0.171 e. The first-order chi connectivity index (χ1) is 17.8. The largest absolute Gasteiger partial charge is 0.225 e. The zero-order valence-electron chi connectivity index (χ0n) is 22.4. The highest BCUT2D eigenvalue weighted by Crippen LogP contribution is 2.64. The van der Waals surface area contributed by atoms with Crippen LogP contribution in [0.1, 0.15) is 94.2 Å². The van der Waals surface area contributed by atoms with Gasteiger partial charge in [0.05, 0.1) is 10.9 Å². The first-order valence-corrected chi connectivity index (χ1v) is 15.0.